The zero-order valence-electron chi connectivity index (χ0n) is 14.2. The summed E-state index contributed by atoms with van der Waals surface area (Å²) in [6.07, 6.45) is 12.1. The van der Waals surface area contributed by atoms with Gasteiger partial charge < -0.3 is 4.90 Å². The van der Waals surface area contributed by atoms with Gasteiger partial charge in [0.15, 0.2) is 0 Å². The summed E-state index contributed by atoms with van der Waals surface area (Å²) in [7, 11) is 2.16. The molecule has 2 aliphatic rings. The van der Waals surface area contributed by atoms with Gasteiger partial charge in [-0.05, 0) is 38.3 Å². The quantitative estimate of drug-likeness (QED) is 0.841. The second-order valence-electron chi connectivity index (χ2n) is 6.89. The van der Waals surface area contributed by atoms with E-state index in [9.17, 15) is 0 Å². The Morgan fingerprint density at radius 3 is 2.88 bits per heavy atom. The first kappa shape index (κ1) is 15.4. The van der Waals surface area contributed by atoms with Crippen LogP contribution >= 0.6 is 0 Å². The summed E-state index contributed by atoms with van der Waals surface area (Å²) in [6.45, 7) is 3.03. The van der Waals surface area contributed by atoms with Crippen molar-refractivity contribution in [1.82, 2.24) is 24.8 Å². The molecule has 126 valence electrons. The smallest absolute Gasteiger partial charge is 0.133 e. The summed E-state index contributed by atoms with van der Waals surface area (Å²) >= 11 is 0. The Labute approximate surface area is 143 Å². The Morgan fingerprint density at radius 2 is 2.08 bits per heavy atom. The summed E-state index contributed by atoms with van der Waals surface area (Å²) in [5.74, 6) is 2.67. The fourth-order valence-corrected chi connectivity index (χ4v) is 3.42. The Bertz CT molecular complexity index is 672. The van der Waals surface area contributed by atoms with Gasteiger partial charge in [-0.3, -0.25) is 14.9 Å². The molecule has 6 nitrogen and oxygen atoms in total. The summed E-state index contributed by atoms with van der Waals surface area (Å²) in [6, 6.07) is 2.52. The molecule has 0 N–H and O–H groups in total. The van der Waals surface area contributed by atoms with E-state index in [1.54, 1.807) is 12.4 Å². The zero-order valence-corrected chi connectivity index (χ0v) is 14.2. The van der Waals surface area contributed by atoms with Crippen LogP contribution in [0.2, 0.25) is 0 Å². The topological polar surface area (TPSA) is 58.0 Å². The van der Waals surface area contributed by atoms with Gasteiger partial charge in [0.25, 0.3) is 0 Å². The van der Waals surface area contributed by atoms with Gasteiger partial charge in [-0.1, -0.05) is 0 Å². The van der Waals surface area contributed by atoms with Crippen molar-refractivity contribution < 1.29 is 0 Å². The Balaban J connectivity index is 1.42. The SMILES string of the molecule is CN(c1ccnc(C2CC2)n1)C1CCCN(Cc2cnccn2)C1. The Hall–Kier alpha value is -2.08. The normalized spacial score (nSPS) is 21.6. The van der Waals surface area contributed by atoms with Crippen molar-refractivity contribution in [1.29, 1.82) is 0 Å². The second-order valence-corrected chi connectivity index (χ2v) is 6.89. The third-order valence-electron chi connectivity index (χ3n) is 4.99. The van der Waals surface area contributed by atoms with Crippen molar-refractivity contribution in [3.8, 4) is 0 Å². The highest BCUT2D eigenvalue weighted by Gasteiger charge is 2.28. The molecule has 6 heteroatoms. The third-order valence-corrected chi connectivity index (χ3v) is 4.99. The van der Waals surface area contributed by atoms with Crippen LogP contribution in [0.15, 0.2) is 30.9 Å². The number of piperidine rings is 1. The highest BCUT2D eigenvalue weighted by atomic mass is 15.3. The van der Waals surface area contributed by atoms with Gasteiger partial charge in [0.2, 0.25) is 0 Å². The summed E-state index contributed by atoms with van der Waals surface area (Å²) in [5, 5.41) is 0. The van der Waals surface area contributed by atoms with E-state index in [4.69, 9.17) is 4.98 Å². The van der Waals surface area contributed by atoms with Gasteiger partial charge in [-0.15, -0.1) is 0 Å². The molecule has 1 aliphatic heterocycles. The molecule has 4 rings (SSSR count). The first-order valence-corrected chi connectivity index (χ1v) is 8.82. The molecule has 0 aromatic carbocycles. The zero-order chi connectivity index (χ0) is 16.4. The molecule has 24 heavy (non-hydrogen) atoms. The number of hydrogen-bond donors (Lipinski definition) is 0. The van der Waals surface area contributed by atoms with Crippen LogP contribution in [0.3, 0.4) is 0 Å². The van der Waals surface area contributed by atoms with Crippen molar-refractivity contribution in [3.63, 3.8) is 0 Å². The minimum Gasteiger partial charge on any atom is -0.355 e. The maximum Gasteiger partial charge on any atom is 0.133 e. The molecule has 1 saturated carbocycles. The van der Waals surface area contributed by atoms with Crippen LogP contribution < -0.4 is 4.90 Å². The van der Waals surface area contributed by atoms with Crippen LogP contribution in [-0.4, -0.2) is 51.0 Å². The number of rotatable bonds is 5. The number of hydrogen-bond acceptors (Lipinski definition) is 6. The molecule has 0 radical (unpaired) electrons. The molecular weight excluding hydrogens is 300 g/mol. The van der Waals surface area contributed by atoms with Crippen molar-refractivity contribution in [2.45, 2.75) is 44.2 Å². The van der Waals surface area contributed by atoms with Crippen LogP contribution in [0.4, 0.5) is 5.82 Å². The van der Waals surface area contributed by atoms with Crippen molar-refractivity contribution in [3.05, 3.63) is 42.4 Å². The maximum absolute atomic E-state index is 4.79. The maximum atomic E-state index is 4.79. The van der Waals surface area contributed by atoms with Crippen molar-refractivity contribution in [2.75, 3.05) is 25.0 Å². The fraction of sp³-hybridized carbons (Fsp3) is 0.556. The van der Waals surface area contributed by atoms with Crippen LogP contribution in [0.1, 0.15) is 43.1 Å². The number of aromatic nitrogens is 4. The monoisotopic (exact) mass is 324 g/mol. The fourth-order valence-electron chi connectivity index (χ4n) is 3.42. The molecule has 0 bridgehead atoms. The van der Waals surface area contributed by atoms with Crippen LogP contribution in [0.25, 0.3) is 0 Å². The van der Waals surface area contributed by atoms with Gasteiger partial charge in [0.1, 0.15) is 11.6 Å². The van der Waals surface area contributed by atoms with Gasteiger partial charge in [0.05, 0.1) is 5.69 Å². The highest BCUT2D eigenvalue weighted by Crippen LogP contribution is 2.38. The van der Waals surface area contributed by atoms with E-state index >= 15 is 0 Å². The molecule has 1 saturated heterocycles. The number of likely N-dealkylation sites (tertiary alicyclic amines) is 1. The van der Waals surface area contributed by atoms with E-state index in [0.29, 0.717) is 12.0 Å². The molecule has 3 heterocycles. The molecular formula is C18H24N6. The van der Waals surface area contributed by atoms with Gasteiger partial charge in [0, 0.05) is 56.9 Å². The Morgan fingerprint density at radius 1 is 1.17 bits per heavy atom. The van der Waals surface area contributed by atoms with Crippen LogP contribution in [0.5, 0.6) is 0 Å². The lowest BCUT2D eigenvalue weighted by atomic mass is 10.0. The molecule has 1 atom stereocenters. The average Bonchev–Trinajstić information content (AvgIpc) is 3.48. The molecule has 0 spiro atoms. The van der Waals surface area contributed by atoms with Crippen molar-refractivity contribution in [2.24, 2.45) is 0 Å². The lowest BCUT2D eigenvalue weighted by molar-refractivity contribution is 0.196. The van der Waals surface area contributed by atoms with E-state index in [-0.39, 0.29) is 0 Å². The van der Waals surface area contributed by atoms with E-state index in [1.165, 1.54) is 25.7 Å². The van der Waals surface area contributed by atoms with Gasteiger partial charge in [-0.2, -0.15) is 0 Å². The van der Waals surface area contributed by atoms with Crippen LogP contribution in [0, 0.1) is 0 Å². The van der Waals surface area contributed by atoms with E-state index in [2.05, 4.69) is 31.8 Å². The number of nitrogens with zero attached hydrogens (tertiary/aromatic N) is 6. The van der Waals surface area contributed by atoms with Gasteiger partial charge >= 0.3 is 0 Å². The lowest BCUT2D eigenvalue weighted by Crippen LogP contribution is -2.46. The van der Waals surface area contributed by atoms with E-state index in [1.807, 2.05) is 18.5 Å². The molecule has 1 aliphatic carbocycles. The number of anilines is 1. The summed E-state index contributed by atoms with van der Waals surface area (Å²) in [4.78, 5) is 22.6. The predicted molar refractivity (Wildman–Crippen MR) is 92.7 cm³/mol. The number of likely N-dealkylation sites (N-methyl/N-ethyl adjacent to an activating group) is 1. The highest BCUT2D eigenvalue weighted by molar-refractivity contribution is 5.38. The average molecular weight is 324 g/mol. The summed E-state index contributed by atoms with van der Waals surface area (Å²) in [5.41, 5.74) is 1.04. The molecule has 1 unspecified atom stereocenters. The lowest BCUT2D eigenvalue weighted by Gasteiger charge is -2.38. The molecule has 2 aromatic heterocycles. The standard InChI is InChI=1S/C18H24N6/c1-23(17-6-7-21-18(22-17)14-4-5-14)16-3-2-10-24(13-16)12-15-11-19-8-9-20-15/h6-9,11,14,16H,2-5,10,12-13H2,1H3. The van der Waals surface area contributed by atoms with Gasteiger partial charge in [-0.25, -0.2) is 9.97 Å². The predicted octanol–water partition coefficient (Wildman–Crippen LogP) is 2.24. The second kappa shape index (κ2) is 6.81. The van der Waals surface area contributed by atoms with Crippen LogP contribution in [-0.2, 0) is 6.54 Å². The minimum atomic E-state index is 0.484. The van der Waals surface area contributed by atoms with E-state index < -0.39 is 0 Å². The Kier molecular flexibility index (Phi) is 4.38. The molecule has 2 fully saturated rings. The first-order chi connectivity index (χ1) is 11.8. The third kappa shape index (κ3) is 3.53. The first-order valence-electron chi connectivity index (χ1n) is 8.82. The van der Waals surface area contributed by atoms with Crippen molar-refractivity contribution >= 4 is 5.82 Å². The molecule has 2 aromatic rings. The molecule has 0 amide bonds. The van der Waals surface area contributed by atoms with E-state index in [0.717, 1.165) is 37.0 Å². The largest absolute Gasteiger partial charge is 0.355 e. The minimum absolute atomic E-state index is 0.484. The summed E-state index contributed by atoms with van der Waals surface area (Å²) < 4.78 is 0.